The van der Waals surface area contributed by atoms with E-state index in [1.54, 1.807) is 7.11 Å². The largest absolute Gasteiger partial charge is 0.385 e. The van der Waals surface area contributed by atoms with E-state index in [2.05, 4.69) is 10.2 Å². The number of likely N-dealkylation sites (tertiary alicyclic amines) is 1. The molecule has 0 aromatic heterocycles. The van der Waals surface area contributed by atoms with E-state index in [9.17, 15) is 9.59 Å². The molecule has 2 rings (SSSR count). The van der Waals surface area contributed by atoms with Crippen LogP contribution in [0.1, 0.15) is 44.9 Å². The molecule has 138 valence electrons. The number of carbonyl (C=O) groups is 2. The Hall–Kier alpha value is -1.14. The zero-order chi connectivity index (χ0) is 17.4. The molecular formula is C18H33N3O3. The van der Waals surface area contributed by atoms with Gasteiger partial charge in [-0.2, -0.15) is 0 Å². The highest BCUT2D eigenvalue weighted by Gasteiger charge is 2.35. The molecule has 2 fully saturated rings. The topological polar surface area (TPSA) is 61.9 Å². The van der Waals surface area contributed by atoms with Crippen LogP contribution in [0.15, 0.2) is 0 Å². The van der Waals surface area contributed by atoms with Gasteiger partial charge in [0.25, 0.3) is 0 Å². The molecule has 2 atom stereocenters. The lowest BCUT2D eigenvalue weighted by Gasteiger charge is -2.44. The van der Waals surface area contributed by atoms with Gasteiger partial charge in [-0.25, -0.2) is 0 Å². The fourth-order valence-electron chi connectivity index (χ4n) is 4.06. The van der Waals surface area contributed by atoms with E-state index < -0.39 is 0 Å². The van der Waals surface area contributed by atoms with E-state index in [1.807, 2.05) is 11.9 Å². The summed E-state index contributed by atoms with van der Waals surface area (Å²) in [6.07, 6.45) is 8.18. The summed E-state index contributed by atoms with van der Waals surface area (Å²) in [5.74, 6) is 0.850. The van der Waals surface area contributed by atoms with Gasteiger partial charge in [0.2, 0.25) is 11.8 Å². The Morgan fingerprint density at radius 2 is 1.92 bits per heavy atom. The number of nitrogens with one attached hydrogen (secondary N) is 1. The van der Waals surface area contributed by atoms with Gasteiger partial charge in [0.05, 0.1) is 13.1 Å². The van der Waals surface area contributed by atoms with E-state index in [0.29, 0.717) is 31.7 Å². The van der Waals surface area contributed by atoms with Crippen molar-refractivity contribution in [2.45, 2.75) is 51.0 Å². The zero-order valence-corrected chi connectivity index (χ0v) is 15.3. The number of amides is 2. The molecule has 0 aromatic rings. The molecule has 0 aromatic carbocycles. The number of fused-ring (bicyclic) bond motifs is 1. The van der Waals surface area contributed by atoms with E-state index in [1.165, 1.54) is 25.7 Å². The number of rotatable bonds is 8. The van der Waals surface area contributed by atoms with Crippen molar-refractivity contribution in [3.8, 4) is 0 Å². The standard InChI is InChI=1S/C18H33N3O3/c1-20(13-17(22)19-10-6-12-24-2)14-18(23)21-11-5-8-15-7-3-4-9-16(15)21/h15-16H,3-14H2,1-2H3,(H,19,22). The maximum atomic E-state index is 12.7. The van der Waals surface area contributed by atoms with Crippen LogP contribution < -0.4 is 5.32 Å². The second kappa shape index (κ2) is 9.99. The minimum atomic E-state index is -0.0319. The minimum Gasteiger partial charge on any atom is -0.385 e. The number of nitrogens with zero attached hydrogens (tertiary/aromatic N) is 2. The van der Waals surface area contributed by atoms with Crippen LogP contribution in [0.2, 0.25) is 0 Å². The van der Waals surface area contributed by atoms with Gasteiger partial charge < -0.3 is 15.0 Å². The third kappa shape index (κ3) is 5.74. The molecule has 6 heteroatoms. The number of hydrogen-bond acceptors (Lipinski definition) is 4. The first kappa shape index (κ1) is 19.2. The van der Waals surface area contributed by atoms with Crippen molar-refractivity contribution in [2.75, 3.05) is 46.9 Å². The fraction of sp³-hybridized carbons (Fsp3) is 0.889. The van der Waals surface area contributed by atoms with Crippen molar-refractivity contribution in [3.05, 3.63) is 0 Å². The van der Waals surface area contributed by atoms with Gasteiger partial charge >= 0.3 is 0 Å². The summed E-state index contributed by atoms with van der Waals surface area (Å²) in [4.78, 5) is 28.5. The van der Waals surface area contributed by atoms with Crippen molar-refractivity contribution in [2.24, 2.45) is 5.92 Å². The van der Waals surface area contributed by atoms with Crippen molar-refractivity contribution in [1.82, 2.24) is 15.1 Å². The molecule has 2 unspecified atom stereocenters. The van der Waals surface area contributed by atoms with Crippen molar-refractivity contribution in [1.29, 1.82) is 0 Å². The zero-order valence-electron chi connectivity index (χ0n) is 15.3. The van der Waals surface area contributed by atoms with Crippen LogP contribution in [-0.2, 0) is 14.3 Å². The average Bonchev–Trinajstić information content (AvgIpc) is 2.58. The van der Waals surface area contributed by atoms with Crippen LogP contribution >= 0.6 is 0 Å². The molecule has 1 N–H and O–H groups in total. The summed E-state index contributed by atoms with van der Waals surface area (Å²) in [5, 5.41) is 2.86. The SMILES string of the molecule is COCCCNC(=O)CN(C)CC(=O)N1CCCC2CCCCC21. The first-order chi connectivity index (χ1) is 11.6. The van der Waals surface area contributed by atoms with Crippen molar-refractivity contribution >= 4 is 11.8 Å². The summed E-state index contributed by atoms with van der Waals surface area (Å²) in [5.41, 5.74) is 0. The molecule has 6 nitrogen and oxygen atoms in total. The van der Waals surface area contributed by atoms with Crippen LogP contribution in [0.4, 0.5) is 0 Å². The van der Waals surface area contributed by atoms with Gasteiger partial charge in [-0.3, -0.25) is 14.5 Å². The highest BCUT2D eigenvalue weighted by atomic mass is 16.5. The number of piperidine rings is 1. The molecular weight excluding hydrogens is 306 g/mol. The fourth-order valence-corrected chi connectivity index (χ4v) is 4.06. The van der Waals surface area contributed by atoms with Gasteiger partial charge in [0, 0.05) is 32.8 Å². The third-order valence-electron chi connectivity index (χ3n) is 5.23. The van der Waals surface area contributed by atoms with Gasteiger partial charge in [0.15, 0.2) is 0 Å². The third-order valence-corrected chi connectivity index (χ3v) is 5.23. The summed E-state index contributed by atoms with van der Waals surface area (Å²) in [7, 11) is 3.49. The first-order valence-electron chi connectivity index (χ1n) is 9.35. The molecule has 0 spiro atoms. The average molecular weight is 339 g/mol. The van der Waals surface area contributed by atoms with Crippen LogP contribution in [-0.4, -0.2) is 74.6 Å². The number of methoxy groups -OCH3 is 1. The predicted molar refractivity (Wildman–Crippen MR) is 93.7 cm³/mol. The molecule has 0 radical (unpaired) electrons. The molecule has 2 amide bonds. The predicted octanol–water partition coefficient (Wildman–Crippen LogP) is 1.25. The summed E-state index contributed by atoms with van der Waals surface area (Å²) in [6.45, 7) is 2.74. The van der Waals surface area contributed by atoms with E-state index in [-0.39, 0.29) is 18.4 Å². The first-order valence-corrected chi connectivity index (χ1v) is 9.35. The quantitative estimate of drug-likeness (QED) is 0.676. The van der Waals surface area contributed by atoms with Gasteiger partial charge in [0.1, 0.15) is 0 Å². The smallest absolute Gasteiger partial charge is 0.237 e. The molecule has 0 bridgehead atoms. The van der Waals surface area contributed by atoms with Crippen molar-refractivity contribution < 1.29 is 14.3 Å². The minimum absolute atomic E-state index is 0.0319. The van der Waals surface area contributed by atoms with Gasteiger partial charge in [-0.15, -0.1) is 0 Å². The lowest BCUT2D eigenvalue weighted by atomic mass is 9.78. The number of ether oxygens (including phenoxy) is 1. The molecule has 2 aliphatic rings. The second-order valence-corrected chi connectivity index (χ2v) is 7.21. The van der Waals surface area contributed by atoms with Crippen LogP contribution in [0, 0.1) is 5.92 Å². The molecule has 1 heterocycles. The van der Waals surface area contributed by atoms with E-state index in [0.717, 1.165) is 25.8 Å². The lowest BCUT2D eigenvalue weighted by Crippen LogP contribution is -2.52. The molecule has 1 aliphatic heterocycles. The molecule has 1 aliphatic carbocycles. The van der Waals surface area contributed by atoms with E-state index >= 15 is 0 Å². The Labute approximate surface area is 145 Å². The highest BCUT2D eigenvalue weighted by Crippen LogP contribution is 2.35. The Balaban J connectivity index is 1.73. The van der Waals surface area contributed by atoms with Crippen LogP contribution in [0.3, 0.4) is 0 Å². The Kier molecular flexibility index (Phi) is 7.99. The Morgan fingerprint density at radius 3 is 2.71 bits per heavy atom. The molecule has 1 saturated heterocycles. The Morgan fingerprint density at radius 1 is 1.17 bits per heavy atom. The maximum absolute atomic E-state index is 12.7. The lowest BCUT2D eigenvalue weighted by molar-refractivity contribution is -0.138. The number of carbonyl (C=O) groups excluding carboxylic acids is 2. The van der Waals surface area contributed by atoms with Gasteiger partial charge in [-0.1, -0.05) is 12.8 Å². The molecule has 1 saturated carbocycles. The maximum Gasteiger partial charge on any atom is 0.237 e. The summed E-state index contributed by atoms with van der Waals surface area (Å²) in [6, 6.07) is 0.441. The van der Waals surface area contributed by atoms with Crippen LogP contribution in [0.5, 0.6) is 0 Å². The molecule has 24 heavy (non-hydrogen) atoms. The monoisotopic (exact) mass is 339 g/mol. The second-order valence-electron chi connectivity index (χ2n) is 7.21. The Bertz CT molecular complexity index is 414. The highest BCUT2D eigenvalue weighted by molar-refractivity contribution is 5.81. The van der Waals surface area contributed by atoms with E-state index in [4.69, 9.17) is 4.74 Å². The van der Waals surface area contributed by atoms with Crippen molar-refractivity contribution in [3.63, 3.8) is 0 Å². The number of likely N-dealkylation sites (N-methyl/N-ethyl adjacent to an activating group) is 1. The van der Waals surface area contributed by atoms with Gasteiger partial charge in [-0.05, 0) is 45.1 Å². The summed E-state index contributed by atoms with van der Waals surface area (Å²) < 4.78 is 4.96. The number of hydrogen-bond donors (Lipinski definition) is 1. The summed E-state index contributed by atoms with van der Waals surface area (Å²) >= 11 is 0. The van der Waals surface area contributed by atoms with Crippen LogP contribution in [0.25, 0.3) is 0 Å². The normalized spacial score (nSPS) is 23.9.